The smallest absolute Gasteiger partial charge is 0 e. The van der Waals surface area contributed by atoms with Gasteiger partial charge in [0.25, 0.3) is 0 Å². The van der Waals surface area contributed by atoms with Gasteiger partial charge in [-0.15, -0.1) is 24.8 Å². The fraction of sp³-hybridized carbons (Fsp3) is 1.00. The van der Waals surface area contributed by atoms with Crippen molar-refractivity contribution in [1.82, 2.24) is 0 Å². The Morgan fingerprint density at radius 1 is 0.800 bits per heavy atom. The fourth-order valence-corrected chi connectivity index (χ4v) is 0. The second-order valence-corrected chi connectivity index (χ2v) is 0. The van der Waals surface area contributed by atoms with Crippen LogP contribution in [0, 0.1) is 0 Å². The summed E-state index contributed by atoms with van der Waals surface area (Å²) in [4.78, 5) is 0. The standard InChI is InChI=1S/C2H6.2ClH.Ti/c1-2;;;/h1-2H3;2*1H;. The van der Waals surface area contributed by atoms with Gasteiger partial charge in [-0.2, -0.15) is 0 Å². The Hall–Kier alpha value is 1.29. The first-order valence-electron chi connectivity index (χ1n) is 1.00. The van der Waals surface area contributed by atoms with E-state index in [4.69, 9.17) is 0 Å². The van der Waals surface area contributed by atoms with Crippen molar-refractivity contribution in [2.24, 2.45) is 0 Å². The second kappa shape index (κ2) is 58.3. The van der Waals surface area contributed by atoms with Gasteiger partial charge in [0.05, 0.1) is 0 Å². The maximum atomic E-state index is 2.00. The summed E-state index contributed by atoms with van der Waals surface area (Å²) in [5, 5.41) is 0. The summed E-state index contributed by atoms with van der Waals surface area (Å²) < 4.78 is 0. The van der Waals surface area contributed by atoms with Crippen molar-refractivity contribution >= 4 is 24.8 Å². The topological polar surface area (TPSA) is 0 Å². The molecule has 0 rings (SSSR count). The Kier molecular flexibility index (Phi) is 391. The van der Waals surface area contributed by atoms with Gasteiger partial charge in [0.1, 0.15) is 0 Å². The first-order valence-corrected chi connectivity index (χ1v) is 1.00. The summed E-state index contributed by atoms with van der Waals surface area (Å²) in [5.74, 6) is 0. The molecule has 0 bridgehead atoms. The van der Waals surface area contributed by atoms with Crippen LogP contribution in [0.1, 0.15) is 13.8 Å². The van der Waals surface area contributed by atoms with E-state index < -0.39 is 0 Å². The third-order valence-corrected chi connectivity index (χ3v) is 0. The molecule has 0 aliphatic heterocycles. The molecule has 0 amide bonds. The number of hydrogen-bond donors (Lipinski definition) is 0. The molecule has 0 aromatic rings. The van der Waals surface area contributed by atoms with Crippen molar-refractivity contribution < 1.29 is 21.7 Å². The molecule has 0 aromatic carbocycles. The van der Waals surface area contributed by atoms with Crippen LogP contribution in [-0.4, -0.2) is 0 Å². The van der Waals surface area contributed by atoms with Gasteiger partial charge in [-0.1, -0.05) is 13.8 Å². The number of rotatable bonds is 0. The van der Waals surface area contributed by atoms with Crippen LogP contribution in [0.5, 0.6) is 0 Å². The van der Waals surface area contributed by atoms with Gasteiger partial charge in [-0.3, -0.25) is 0 Å². The summed E-state index contributed by atoms with van der Waals surface area (Å²) in [7, 11) is 0. The maximum Gasteiger partial charge on any atom is 0 e. The van der Waals surface area contributed by atoms with Crippen molar-refractivity contribution in [3.63, 3.8) is 0 Å². The molecule has 3 heteroatoms. The fourth-order valence-electron chi connectivity index (χ4n) is 0. The van der Waals surface area contributed by atoms with Gasteiger partial charge in [-0.25, -0.2) is 0 Å². The molecular formula is C2H8Cl2Ti. The Morgan fingerprint density at radius 3 is 0.800 bits per heavy atom. The predicted octanol–water partition coefficient (Wildman–Crippen LogP) is 1.87. The van der Waals surface area contributed by atoms with Gasteiger partial charge >= 0.3 is 0 Å². The van der Waals surface area contributed by atoms with Crippen molar-refractivity contribution in [2.45, 2.75) is 13.8 Å². The molecule has 0 radical (unpaired) electrons. The van der Waals surface area contributed by atoms with Gasteiger partial charge in [0.2, 0.25) is 0 Å². The minimum absolute atomic E-state index is 0. The SMILES string of the molecule is CC.Cl.Cl.[Ti]. The van der Waals surface area contributed by atoms with Crippen LogP contribution in [0.15, 0.2) is 0 Å². The predicted molar refractivity (Wildman–Crippen MR) is 25.8 cm³/mol. The third kappa shape index (κ3) is 34.3. The normalized spacial score (nSPS) is 1.20. The molecule has 0 nitrogen and oxygen atoms in total. The first kappa shape index (κ1) is 33.5. The molecule has 0 aromatic heterocycles. The zero-order chi connectivity index (χ0) is 2.00. The molecule has 0 fully saturated rings. The summed E-state index contributed by atoms with van der Waals surface area (Å²) >= 11 is 0. The van der Waals surface area contributed by atoms with Gasteiger partial charge in [-0.05, 0) is 0 Å². The molecule has 0 atom stereocenters. The van der Waals surface area contributed by atoms with Crippen molar-refractivity contribution in [1.29, 1.82) is 0 Å². The third-order valence-electron chi connectivity index (χ3n) is 0. The maximum absolute atomic E-state index is 2.00. The quantitative estimate of drug-likeness (QED) is 0.463. The van der Waals surface area contributed by atoms with E-state index in [0.29, 0.717) is 0 Å². The van der Waals surface area contributed by atoms with E-state index in [-0.39, 0.29) is 46.5 Å². The van der Waals surface area contributed by atoms with Crippen LogP contribution in [0.3, 0.4) is 0 Å². The van der Waals surface area contributed by atoms with Gasteiger partial charge in [0, 0.05) is 21.7 Å². The second-order valence-electron chi connectivity index (χ2n) is 0. The zero-order valence-corrected chi connectivity index (χ0v) is 6.51. The summed E-state index contributed by atoms with van der Waals surface area (Å²) in [5.41, 5.74) is 0. The van der Waals surface area contributed by atoms with Crippen molar-refractivity contribution in [3.8, 4) is 0 Å². The zero-order valence-electron chi connectivity index (χ0n) is 3.32. The van der Waals surface area contributed by atoms with Crippen LogP contribution < -0.4 is 0 Å². The van der Waals surface area contributed by atoms with Crippen LogP contribution in [0.4, 0.5) is 0 Å². The minimum atomic E-state index is 0. The molecule has 0 spiro atoms. The summed E-state index contributed by atoms with van der Waals surface area (Å²) in [6, 6.07) is 0. The summed E-state index contributed by atoms with van der Waals surface area (Å²) in [6.45, 7) is 4.00. The molecule has 0 heterocycles. The first-order chi connectivity index (χ1) is 1.00. The van der Waals surface area contributed by atoms with E-state index in [1.165, 1.54) is 0 Å². The van der Waals surface area contributed by atoms with E-state index in [1.54, 1.807) is 0 Å². The van der Waals surface area contributed by atoms with Crippen molar-refractivity contribution in [3.05, 3.63) is 0 Å². The van der Waals surface area contributed by atoms with Gasteiger partial charge < -0.3 is 0 Å². The monoisotopic (exact) mass is 150 g/mol. The van der Waals surface area contributed by atoms with E-state index >= 15 is 0 Å². The average Bonchev–Trinajstić information content (AvgIpc) is 1.00. The molecule has 0 aliphatic carbocycles. The Balaban J connectivity index is -0.00000000167. The minimum Gasteiger partial charge on any atom is -0.147 e. The number of hydrogen-bond acceptors (Lipinski definition) is 0. The Morgan fingerprint density at radius 2 is 0.800 bits per heavy atom. The Bertz CT molecular complexity index is 7.61. The van der Waals surface area contributed by atoms with Crippen LogP contribution >= 0.6 is 24.8 Å². The molecule has 0 unspecified atom stereocenters. The molecular weight excluding hydrogens is 143 g/mol. The molecule has 0 N–H and O–H groups in total. The van der Waals surface area contributed by atoms with E-state index in [1.807, 2.05) is 13.8 Å². The molecule has 5 heavy (non-hydrogen) atoms. The molecule has 0 aliphatic rings. The molecule has 34 valence electrons. The van der Waals surface area contributed by atoms with E-state index in [2.05, 4.69) is 0 Å². The van der Waals surface area contributed by atoms with E-state index in [9.17, 15) is 0 Å². The molecule has 0 saturated carbocycles. The number of halogens is 2. The van der Waals surface area contributed by atoms with Crippen LogP contribution in [0.2, 0.25) is 0 Å². The largest absolute Gasteiger partial charge is 0.147 e. The summed E-state index contributed by atoms with van der Waals surface area (Å²) in [6.07, 6.45) is 0. The van der Waals surface area contributed by atoms with Gasteiger partial charge in [0.15, 0.2) is 0 Å². The van der Waals surface area contributed by atoms with Crippen LogP contribution in [-0.2, 0) is 21.7 Å². The Labute approximate surface area is 60.4 Å². The van der Waals surface area contributed by atoms with Crippen LogP contribution in [0.25, 0.3) is 0 Å². The average molecular weight is 151 g/mol. The van der Waals surface area contributed by atoms with Crippen molar-refractivity contribution in [2.75, 3.05) is 0 Å². The molecule has 0 saturated heterocycles. The van der Waals surface area contributed by atoms with E-state index in [0.717, 1.165) is 0 Å².